The van der Waals surface area contributed by atoms with Crippen molar-refractivity contribution in [3.05, 3.63) is 53.3 Å². The molecule has 17 heavy (non-hydrogen) atoms. The Morgan fingerprint density at radius 3 is 2.53 bits per heavy atom. The van der Waals surface area contributed by atoms with Crippen LogP contribution in [-0.4, -0.2) is 16.3 Å². The Hall–Kier alpha value is -1.61. The van der Waals surface area contributed by atoms with Gasteiger partial charge in [-0.25, -0.2) is 0 Å². The van der Waals surface area contributed by atoms with Gasteiger partial charge >= 0.3 is 0 Å². The van der Waals surface area contributed by atoms with Gasteiger partial charge in [-0.05, 0) is 31.0 Å². The van der Waals surface area contributed by atoms with Gasteiger partial charge in [0.05, 0.1) is 6.20 Å². The van der Waals surface area contributed by atoms with Gasteiger partial charge in [0.2, 0.25) is 0 Å². The van der Waals surface area contributed by atoms with Crippen molar-refractivity contribution in [2.24, 2.45) is 12.8 Å². The number of aromatic nitrogens is 2. The second kappa shape index (κ2) is 5.15. The molecule has 2 rings (SSSR count). The summed E-state index contributed by atoms with van der Waals surface area (Å²) >= 11 is 0. The summed E-state index contributed by atoms with van der Waals surface area (Å²) in [6.45, 7) is 2.76. The summed E-state index contributed by atoms with van der Waals surface area (Å²) in [4.78, 5) is 0. The molecule has 1 atom stereocenters. The van der Waals surface area contributed by atoms with E-state index >= 15 is 0 Å². The third-order valence-electron chi connectivity index (χ3n) is 3.07. The van der Waals surface area contributed by atoms with Crippen LogP contribution in [0.1, 0.15) is 22.6 Å². The summed E-state index contributed by atoms with van der Waals surface area (Å²) in [5, 5.41) is 4.19. The topological polar surface area (TPSA) is 43.8 Å². The molecule has 2 aromatic rings. The molecule has 0 aliphatic carbocycles. The van der Waals surface area contributed by atoms with Gasteiger partial charge in [0, 0.05) is 19.2 Å². The molecule has 1 heterocycles. The van der Waals surface area contributed by atoms with Gasteiger partial charge < -0.3 is 5.73 Å². The third kappa shape index (κ3) is 2.94. The second-order valence-electron chi connectivity index (χ2n) is 4.57. The quantitative estimate of drug-likeness (QED) is 0.871. The van der Waals surface area contributed by atoms with Crippen molar-refractivity contribution in [3.63, 3.8) is 0 Å². The maximum atomic E-state index is 5.87. The number of nitrogens with two attached hydrogens (primary N) is 1. The second-order valence-corrected chi connectivity index (χ2v) is 4.57. The highest BCUT2D eigenvalue weighted by Gasteiger charge is 2.11. The molecule has 0 radical (unpaired) electrons. The minimum absolute atomic E-state index is 0.375. The maximum Gasteiger partial charge on any atom is 0.0521 e. The Kier molecular flexibility index (Phi) is 3.59. The molecule has 0 aliphatic rings. The highest BCUT2D eigenvalue weighted by molar-refractivity contribution is 5.26. The highest BCUT2D eigenvalue weighted by atomic mass is 15.2. The minimum atomic E-state index is 0.375. The fourth-order valence-corrected chi connectivity index (χ4v) is 2.04. The molecular formula is C14H19N3. The van der Waals surface area contributed by atoms with E-state index in [0.29, 0.717) is 12.5 Å². The first-order chi connectivity index (χ1) is 8.19. The molecule has 1 unspecified atom stereocenters. The standard InChI is InChI=1S/C14H19N3/c1-11-3-5-13(6-4-11)14(8-15)7-12-9-16-17(2)10-12/h3-6,9-10,14H,7-8,15H2,1-2H3. The lowest BCUT2D eigenvalue weighted by Gasteiger charge is -2.14. The van der Waals surface area contributed by atoms with Crippen LogP contribution in [0.15, 0.2) is 36.7 Å². The van der Waals surface area contributed by atoms with E-state index in [0.717, 1.165) is 6.42 Å². The van der Waals surface area contributed by atoms with Crippen LogP contribution < -0.4 is 5.73 Å². The first kappa shape index (κ1) is 11.9. The van der Waals surface area contributed by atoms with Crippen molar-refractivity contribution in [1.29, 1.82) is 0 Å². The van der Waals surface area contributed by atoms with Crippen LogP contribution >= 0.6 is 0 Å². The van der Waals surface area contributed by atoms with E-state index in [1.807, 2.05) is 17.9 Å². The monoisotopic (exact) mass is 229 g/mol. The van der Waals surface area contributed by atoms with Gasteiger partial charge in [0.15, 0.2) is 0 Å². The Morgan fingerprint density at radius 2 is 2.00 bits per heavy atom. The van der Waals surface area contributed by atoms with Crippen molar-refractivity contribution < 1.29 is 0 Å². The lowest BCUT2D eigenvalue weighted by Crippen LogP contribution is -2.14. The molecule has 0 saturated carbocycles. The van der Waals surface area contributed by atoms with E-state index in [1.54, 1.807) is 0 Å². The highest BCUT2D eigenvalue weighted by Crippen LogP contribution is 2.20. The van der Waals surface area contributed by atoms with E-state index in [-0.39, 0.29) is 0 Å². The fourth-order valence-electron chi connectivity index (χ4n) is 2.04. The molecule has 0 aliphatic heterocycles. The van der Waals surface area contributed by atoms with Gasteiger partial charge in [0.25, 0.3) is 0 Å². The molecule has 2 N–H and O–H groups in total. The molecular weight excluding hydrogens is 210 g/mol. The lowest BCUT2D eigenvalue weighted by molar-refractivity contribution is 0.693. The minimum Gasteiger partial charge on any atom is -0.330 e. The summed E-state index contributed by atoms with van der Waals surface area (Å²) in [6.07, 6.45) is 4.92. The first-order valence-electron chi connectivity index (χ1n) is 5.93. The summed E-state index contributed by atoms with van der Waals surface area (Å²) in [7, 11) is 1.94. The largest absolute Gasteiger partial charge is 0.330 e. The Labute approximate surface area is 102 Å². The van der Waals surface area contributed by atoms with Gasteiger partial charge in [0.1, 0.15) is 0 Å². The van der Waals surface area contributed by atoms with Crippen molar-refractivity contribution >= 4 is 0 Å². The zero-order valence-corrected chi connectivity index (χ0v) is 10.4. The van der Waals surface area contributed by atoms with E-state index in [9.17, 15) is 0 Å². The van der Waals surface area contributed by atoms with E-state index < -0.39 is 0 Å². The molecule has 0 saturated heterocycles. The normalized spacial score (nSPS) is 12.6. The van der Waals surface area contributed by atoms with Crippen LogP contribution in [0.2, 0.25) is 0 Å². The predicted molar refractivity (Wildman–Crippen MR) is 69.9 cm³/mol. The molecule has 0 fully saturated rings. The number of benzene rings is 1. The molecule has 90 valence electrons. The molecule has 3 heteroatoms. The predicted octanol–water partition coefficient (Wildman–Crippen LogP) is 2.01. The van der Waals surface area contributed by atoms with Gasteiger partial charge in [-0.3, -0.25) is 4.68 Å². The third-order valence-corrected chi connectivity index (χ3v) is 3.07. The Bertz CT molecular complexity index is 470. The lowest BCUT2D eigenvalue weighted by atomic mass is 9.93. The molecule has 0 amide bonds. The SMILES string of the molecule is Cc1ccc(C(CN)Cc2cnn(C)c2)cc1. The first-order valence-corrected chi connectivity index (χ1v) is 5.93. The molecule has 1 aromatic carbocycles. The van der Waals surface area contributed by atoms with Crippen LogP contribution in [0.5, 0.6) is 0 Å². The summed E-state index contributed by atoms with van der Waals surface area (Å²) in [5.41, 5.74) is 9.70. The van der Waals surface area contributed by atoms with Crippen LogP contribution in [0.25, 0.3) is 0 Å². The van der Waals surface area contributed by atoms with Crippen LogP contribution in [-0.2, 0) is 13.5 Å². The average Bonchev–Trinajstić information content (AvgIpc) is 2.73. The summed E-state index contributed by atoms with van der Waals surface area (Å²) in [5.74, 6) is 0.375. The van der Waals surface area contributed by atoms with Crippen LogP contribution in [0.4, 0.5) is 0 Å². The number of hydrogen-bond donors (Lipinski definition) is 1. The van der Waals surface area contributed by atoms with E-state index in [1.165, 1.54) is 16.7 Å². The maximum absolute atomic E-state index is 5.87. The number of aryl methyl sites for hydroxylation is 2. The van der Waals surface area contributed by atoms with Crippen LogP contribution in [0.3, 0.4) is 0 Å². The molecule has 1 aromatic heterocycles. The smallest absolute Gasteiger partial charge is 0.0521 e. The zero-order valence-electron chi connectivity index (χ0n) is 10.4. The summed E-state index contributed by atoms with van der Waals surface area (Å²) in [6, 6.07) is 8.62. The molecule has 0 bridgehead atoms. The van der Waals surface area contributed by atoms with Gasteiger partial charge in [-0.1, -0.05) is 29.8 Å². The van der Waals surface area contributed by atoms with Crippen molar-refractivity contribution in [2.75, 3.05) is 6.54 Å². The van der Waals surface area contributed by atoms with Gasteiger partial charge in [-0.15, -0.1) is 0 Å². The van der Waals surface area contributed by atoms with Crippen LogP contribution in [0, 0.1) is 6.92 Å². The Morgan fingerprint density at radius 1 is 1.29 bits per heavy atom. The fraction of sp³-hybridized carbons (Fsp3) is 0.357. The summed E-state index contributed by atoms with van der Waals surface area (Å²) < 4.78 is 1.83. The molecule has 0 spiro atoms. The molecule has 3 nitrogen and oxygen atoms in total. The number of nitrogens with zero attached hydrogens (tertiary/aromatic N) is 2. The Balaban J connectivity index is 2.13. The van der Waals surface area contributed by atoms with Crippen molar-refractivity contribution in [2.45, 2.75) is 19.3 Å². The average molecular weight is 229 g/mol. The zero-order chi connectivity index (χ0) is 12.3. The van der Waals surface area contributed by atoms with E-state index in [4.69, 9.17) is 5.73 Å². The number of rotatable bonds is 4. The van der Waals surface area contributed by atoms with E-state index in [2.05, 4.69) is 42.5 Å². The van der Waals surface area contributed by atoms with Crippen molar-refractivity contribution in [1.82, 2.24) is 9.78 Å². The van der Waals surface area contributed by atoms with Crippen molar-refractivity contribution in [3.8, 4) is 0 Å². The number of hydrogen-bond acceptors (Lipinski definition) is 2. The van der Waals surface area contributed by atoms with Gasteiger partial charge in [-0.2, -0.15) is 5.10 Å².